The van der Waals surface area contributed by atoms with E-state index >= 15 is 0 Å². The lowest BCUT2D eigenvalue weighted by Gasteiger charge is -2.18. The van der Waals surface area contributed by atoms with Crippen LogP contribution in [0.1, 0.15) is 361 Å². The molecule has 0 aromatic heterocycles. The lowest BCUT2D eigenvalue weighted by atomic mass is 10.0. The Kier molecular flexibility index (Phi) is 59.6. The van der Waals surface area contributed by atoms with Crippen LogP contribution in [-0.4, -0.2) is 37.2 Å². The fourth-order valence-corrected chi connectivity index (χ4v) is 9.83. The van der Waals surface area contributed by atoms with E-state index in [-0.39, 0.29) is 31.1 Å². The van der Waals surface area contributed by atoms with Crippen molar-refractivity contribution in [2.75, 3.05) is 13.2 Å². The van der Waals surface area contributed by atoms with Crippen LogP contribution in [0.25, 0.3) is 0 Å². The first-order chi connectivity index (χ1) is 35.5. The van der Waals surface area contributed by atoms with Crippen molar-refractivity contribution in [3.63, 3.8) is 0 Å². The zero-order valence-electron chi connectivity index (χ0n) is 48.7. The number of carbonyl (C=O) groups is 3. The molecular formula is C66H124O6. The second kappa shape index (κ2) is 61.4. The predicted molar refractivity (Wildman–Crippen MR) is 312 cm³/mol. The van der Waals surface area contributed by atoms with Gasteiger partial charge < -0.3 is 14.2 Å². The molecule has 0 aliphatic heterocycles. The molecule has 0 N–H and O–H groups in total. The van der Waals surface area contributed by atoms with Gasteiger partial charge in [-0.05, 0) is 51.4 Å². The van der Waals surface area contributed by atoms with Crippen molar-refractivity contribution in [2.45, 2.75) is 367 Å². The SMILES string of the molecule is CCCCCC/C=C\C/C=C\CCCCCCCC(=O)OC(COC(=O)CCCCCCCCCCCCC)COC(=O)CCCCCCCCCCCCCCCCCCCCCCCCCCCCC. The van der Waals surface area contributed by atoms with Gasteiger partial charge in [-0.15, -0.1) is 0 Å². The summed E-state index contributed by atoms with van der Waals surface area (Å²) in [6.07, 6.45) is 73.4. The van der Waals surface area contributed by atoms with E-state index in [4.69, 9.17) is 14.2 Å². The minimum absolute atomic E-state index is 0.0714. The number of unbranched alkanes of at least 4 members (excludes halogenated alkanes) is 45. The fraction of sp³-hybridized carbons (Fsp3) is 0.894. The Balaban J connectivity index is 4.15. The molecule has 0 aliphatic carbocycles. The molecule has 0 aromatic carbocycles. The molecule has 0 bridgehead atoms. The lowest BCUT2D eigenvalue weighted by Crippen LogP contribution is -2.30. The molecular weight excluding hydrogens is 889 g/mol. The molecule has 0 heterocycles. The molecule has 0 aromatic rings. The average Bonchev–Trinajstić information content (AvgIpc) is 3.38. The Morgan fingerprint density at radius 1 is 0.278 bits per heavy atom. The summed E-state index contributed by atoms with van der Waals surface area (Å²) in [5.41, 5.74) is 0. The van der Waals surface area contributed by atoms with Crippen LogP contribution in [0.4, 0.5) is 0 Å². The van der Waals surface area contributed by atoms with Crippen LogP contribution >= 0.6 is 0 Å². The van der Waals surface area contributed by atoms with Crippen LogP contribution in [0.3, 0.4) is 0 Å². The van der Waals surface area contributed by atoms with Crippen molar-refractivity contribution in [1.29, 1.82) is 0 Å². The first-order valence-electron chi connectivity index (χ1n) is 32.3. The monoisotopic (exact) mass is 1010 g/mol. The van der Waals surface area contributed by atoms with Crippen molar-refractivity contribution in [2.24, 2.45) is 0 Å². The van der Waals surface area contributed by atoms with Gasteiger partial charge in [-0.2, -0.15) is 0 Å². The molecule has 0 saturated heterocycles. The number of carbonyl (C=O) groups excluding carboxylic acids is 3. The van der Waals surface area contributed by atoms with E-state index < -0.39 is 6.10 Å². The van der Waals surface area contributed by atoms with Gasteiger partial charge in [0.25, 0.3) is 0 Å². The third-order valence-electron chi connectivity index (χ3n) is 14.7. The van der Waals surface area contributed by atoms with Crippen LogP contribution < -0.4 is 0 Å². The van der Waals surface area contributed by atoms with Crippen LogP contribution in [0, 0.1) is 0 Å². The highest BCUT2D eigenvalue weighted by molar-refractivity contribution is 5.71. The molecule has 0 amide bonds. The van der Waals surface area contributed by atoms with E-state index in [1.807, 2.05) is 0 Å². The Labute approximate surface area is 449 Å². The van der Waals surface area contributed by atoms with E-state index in [1.54, 1.807) is 0 Å². The molecule has 0 fully saturated rings. The van der Waals surface area contributed by atoms with E-state index in [0.29, 0.717) is 19.3 Å². The molecule has 6 heteroatoms. The van der Waals surface area contributed by atoms with Gasteiger partial charge >= 0.3 is 17.9 Å². The van der Waals surface area contributed by atoms with Gasteiger partial charge in [-0.3, -0.25) is 14.4 Å². The molecule has 0 rings (SSSR count). The maximum Gasteiger partial charge on any atom is 0.306 e. The quantitative estimate of drug-likeness (QED) is 0.0261. The third kappa shape index (κ3) is 58.8. The molecule has 0 spiro atoms. The number of hydrogen-bond acceptors (Lipinski definition) is 6. The summed E-state index contributed by atoms with van der Waals surface area (Å²) in [6.45, 7) is 6.67. The maximum absolute atomic E-state index is 12.9. The molecule has 6 nitrogen and oxygen atoms in total. The summed E-state index contributed by atoms with van der Waals surface area (Å²) in [5, 5.41) is 0. The summed E-state index contributed by atoms with van der Waals surface area (Å²) in [6, 6.07) is 0. The largest absolute Gasteiger partial charge is 0.462 e. The second-order valence-corrected chi connectivity index (χ2v) is 22.0. The van der Waals surface area contributed by atoms with E-state index in [1.165, 1.54) is 244 Å². The Bertz CT molecular complexity index is 1160. The van der Waals surface area contributed by atoms with Crippen molar-refractivity contribution in [3.8, 4) is 0 Å². The summed E-state index contributed by atoms with van der Waals surface area (Å²) < 4.78 is 16.9. The summed E-state index contributed by atoms with van der Waals surface area (Å²) in [7, 11) is 0. The first kappa shape index (κ1) is 69.9. The maximum atomic E-state index is 12.9. The van der Waals surface area contributed by atoms with E-state index in [2.05, 4.69) is 45.1 Å². The van der Waals surface area contributed by atoms with Crippen molar-refractivity contribution in [1.82, 2.24) is 0 Å². The summed E-state index contributed by atoms with van der Waals surface area (Å²) in [5.74, 6) is -0.861. The van der Waals surface area contributed by atoms with Gasteiger partial charge in [0.2, 0.25) is 0 Å². The molecule has 72 heavy (non-hydrogen) atoms. The standard InChI is InChI=1S/C66H124O6/c1-4-7-10-13-16-19-22-24-26-28-29-30-31-32-33-34-35-36-37-38-40-41-44-47-50-53-56-59-65(68)71-62-63(61-70-64(67)58-55-52-49-46-43-21-18-15-12-9-6-3)72-66(69)60-57-54-51-48-45-42-39-27-25-23-20-17-14-11-8-5-2/h20,23,27,39,63H,4-19,21-22,24-26,28-38,40-62H2,1-3H3/b23-20-,39-27-. The van der Waals surface area contributed by atoms with Gasteiger partial charge in [-0.25, -0.2) is 0 Å². The van der Waals surface area contributed by atoms with Gasteiger partial charge in [0.1, 0.15) is 13.2 Å². The highest BCUT2D eigenvalue weighted by atomic mass is 16.6. The highest BCUT2D eigenvalue weighted by Crippen LogP contribution is 2.18. The smallest absolute Gasteiger partial charge is 0.306 e. The Hall–Kier alpha value is -2.11. The number of allylic oxidation sites excluding steroid dienone is 4. The van der Waals surface area contributed by atoms with Crippen LogP contribution in [0.5, 0.6) is 0 Å². The minimum atomic E-state index is -0.774. The number of ether oxygens (including phenoxy) is 3. The molecule has 1 unspecified atom stereocenters. The zero-order chi connectivity index (χ0) is 52.2. The Morgan fingerprint density at radius 3 is 0.778 bits per heavy atom. The number of hydrogen-bond donors (Lipinski definition) is 0. The second-order valence-electron chi connectivity index (χ2n) is 22.0. The van der Waals surface area contributed by atoms with E-state index in [0.717, 1.165) is 77.0 Å². The van der Waals surface area contributed by atoms with Crippen LogP contribution in [0.2, 0.25) is 0 Å². The molecule has 1 atom stereocenters. The highest BCUT2D eigenvalue weighted by Gasteiger charge is 2.19. The van der Waals surface area contributed by atoms with Gasteiger partial charge in [0, 0.05) is 19.3 Å². The van der Waals surface area contributed by atoms with Crippen molar-refractivity contribution in [3.05, 3.63) is 24.3 Å². The summed E-state index contributed by atoms with van der Waals surface area (Å²) >= 11 is 0. The Morgan fingerprint density at radius 2 is 0.500 bits per heavy atom. The normalized spacial score (nSPS) is 12.1. The van der Waals surface area contributed by atoms with Crippen LogP contribution in [-0.2, 0) is 28.6 Å². The topological polar surface area (TPSA) is 78.9 Å². The molecule has 0 radical (unpaired) electrons. The molecule has 424 valence electrons. The van der Waals surface area contributed by atoms with Crippen molar-refractivity contribution >= 4 is 17.9 Å². The number of rotatable bonds is 60. The van der Waals surface area contributed by atoms with Crippen molar-refractivity contribution < 1.29 is 28.6 Å². The lowest BCUT2D eigenvalue weighted by molar-refractivity contribution is -0.167. The zero-order valence-corrected chi connectivity index (χ0v) is 48.7. The molecule has 0 saturated carbocycles. The van der Waals surface area contributed by atoms with Crippen LogP contribution in [0.15, 0.2) is 24.3 Å². The van der Waals surface area contributed by atoms with Gasteiger partial charge in [0.05, 0.1) is 0 Å². The van der Waals surface area contributed by atoms with Gasteiger partial charge in [-0.1, -0.05) is 315 Å². The third-order valence-corrected chi connectivity index (χ3v) is 14.7. The minimum Gasteiger partial charge on any atom is -0.462 e. The molecule has 0 aliphatic rings. The number of esters is 3. The average molecular weight is 1010 g/mol. The fourth-order valence-electron chi connectivity index (χ4n) is 9.83. The van der Waals surface area contributed by atoms with Gasteiger partial charge in [0.15, 0.2) is 6.10 Å². The summed E-state index contributed by atoms with van der Waals surface area (Å²) in [4.78, 5) is 38.2. The predicted octanol–water partition coefficient (Wildman–Crippen LogP) is 21.8. The first-order valence-corrected chi connectivity index (χ1v) is 32.3. The van der Waals surface area contributed by atoms with E-state index in [9.17, 15) is 14.4 Å².